The fourth-order valence-corrected chi connectivity index (χ4v) is 1.37. The van der Waals surface area contributed by atoms with Gasteiger partial charge in [-0.15, -0.1) is 0 Å². The molecule has 0 bridgehead atoms. The van der Waals surface area contributed by atoms with E-state index in [2.05, 4.69) is 10.3 Å². The van der Waals surface area contributed by atoms with Crippen LogP contribution >= 0.6 is 11.6 Å². The summed E-state index contributed by atoms with van der Waals surface area (Å²) in [5.74, 6) is -0.904. The third-order valence-electron chi connectivity index (χ3n) is 1.91. The van der Waals surface area contributed by atoms with E-state index in [9.17, 15) is 8.78 Å². The molecule has 2 nitrogen and oxygen atoms in total. The molecule has 0 spiro atoms. The van der Waals surface area contributed by atoms with Crippen molar-refractivity contribution in [3.63, 3.8) is 0 Å². The lowest BCUT2D eigenvalue weighted by atomic mass is 10.3. The molecule has 1 heterocycles. The first kappa shape index (κ1) is 10.8. The van der Waals surface area contributed by atoms with Crippen molar-refractivity contribution in [1.82, 2.24) is 4.98 Å². The average molecular weight is 241 g/mol. The zero-order valence-corrected chi connectivity index (χ0v) is 8.80. The van der Waals surface area contributed by atoms with Crippen molar-refractivity contribution in [3.8, 4) is 0 Å². The zero-order chi connectivity index (χ0) is 11.5. The first-order valence-corrected chi connectivity index (χ1v) is 4.87. The van der Waals surface area contributed by atoms with Gasteiger partial charge in [0.2, 0.25) is 5.95 Å². The van der Waals surface area contributed by atoms with E-state index >= 15 is 0 Å². The highest BCUT2D eigenvalue weighted by Gasteiger charge is 2.04. The molecule has 1 aromatic heterocycles. The molecule has 0 saturated carbocycles. The number of hydrogen-bond acceptors (Lipinski definition) is 2. The normalized spacial score (nSPS) is 10.2. The summed E-state index contributed by atoms with van der Waals surface area (Å²) >= 11 is 5.60. The Morgan fingerprint density at radius 3 is 2.62 bits per heavy atom. The fourth-order valence-electron chi connectivity index (χ4n) is 1.21. The minimum atomic E-state index is -0.626. The lowest BCUT2D eigenvalue weighted by molar-refractivity contribution is 0.585. The molecule has 0 aliphatic rings. The Kier molecular flexibility index (Phi) is 3.01. The van der Waals surface area contributed by atoms with Crippen LogP contribution < -0.4 is 5.32 Å². The molecule has 16 heavy (non-hydrogen) atoms. The lowest BCUT2D eigenvalue weighted by Gasteiger charge is -2.06. The van der Waals surface area contributed by atoms with Crippen molar-refractivity contribution in [2.75, 3.05) is 5.32 Å². The molecule has 1 aromatic carbocycles. The molecule has 1 N–H and O–H groups in total. The van der Waals surface area contributed by atoms with Crippen LogP contribution in [0.3, 0.4) is 0 Å². The summed E-state index contributed by atoms with van der Waals surface area (Å²) in [6.45, 7) is 0. The van der Waals surface area contributed by atoms with E-state index < -0.39 is 11.8 Å². The Morgan fingerprint density at radius 1 is 1.12 bits per heavy atom. The molecule has 2 aromatic rings. The topological polar surface area (TPSA) is 24.9 Å². The van der Waals surface area contributed by atoms with Gasteiger partial charge in [-0.2, -0.15) is 4.39 Å². The fraction of sp³-hybridized carbons (Fsp3) is 0. The van der Waals surface area contributed by atoms with Crippen LogP contribution in [-0.2, 0) is 0 Å². The van der Waals surface area contributed by atoms with Crippen LogP contribution in [0.25, 0.3) is 0 Å². The van der Waals surface area contributed by atoms with Crippen molar-refractivity contribution in [3.05, 3.63) is 53.2 Å². The Morgan fingerprint density at radius 2 is 1.94 bits per heavy atom. The number of aromatic nitrogens is 1. The number of halogens is 3. The zero-order valence-electron chi connectivity index (χ0n) is 8.05. The Hall–Kier alpha value is -1.68. The van der Waals surface area contributed by atoms with Crippen molar-refractivity contribution in [1.29, 1.82) is 0 Å². The van der Waals surface area contributed by atoms with Gasteiger partial charge in [0, 0.05) is 5.02 Å². The predicted molar refractivity (Wildman–Crippen MR) is 58.9 cm³/mol. The number of pyridine rings is 1. The summed E-state index contributed by atoms with van der Waals surface area (Å²) in [5.41, 5.74) is 0.197. The van der Waals surface area contributed by atoms with Crippen LogP contribution in [-0.4, -0.2) is 4.98 Å². The Bertz CT molecular complexity index is 517. The van der Waals surface area contributed by atoms with Gasteiger partial charge in [-0.25, -0.2) is 9.37 Å². The van der Waals surface area contributed by atoms with Gasteiger partial charge in [0.15, 0.2) is 0 Å². The molecule has 0 aliphatic carbocycles. The van der Waals surface area contributed by atoms with Gasteiger partial charge in [-0.05, 0) is 30.3 Å². The quantitative estimate of drug-likeness (QED) is 0.809. The van der Waals surface area contributed by atoms with Gasteiger partial charge in [0.1, 0.15) is 11.6 Å². The van der Waals surface area contributed by atoms with E-state index in [-0.39, 0.29) is 11.5 Å². The number of anilines is 2. The molecular weight excluding hydrogens is 234 g/mol. The Balaban J connectivity index is 2.27. The molecule has 5 heteroatoms. The summed E-state index contributed by atoms with van der Waals surface area (Å²) in [4.78, 5) is 3.55. The smallest absolute Gasteiger partial charge is 0.214 e. The Labute approximate surface area is 95.9 Å². The highest BCUT2D eigenvalue weighted by atomic mass is 35.5. The van der Waals surface area contributed by atoms with Gasteiger partial charge < -0.3 is 5.32 Å². The van der Waals surface area contributed by atoms with E-state index in [1.54, 1.807) is 0 Å². The molecule has 0 atom stereocenters. The first-order chi connectivity index (χ1) is 7.65. The van der Waals surface area contributed by atoms with E-state index in [0.29, 0.717) is 5.02 Å². The van der Waals surface area contributed by atoms with Crippen LogP contribution in [0.1, 0.15) is 0 Å². The van der Waals surface area contributed by atoms with E-state index in [0.717, 1.165) is 0 Å². The molecule has 0 unspecified atom stereocenters. The van der Waals surface area contributed by atoms with E-state index in [4.69, 9.17) is 11.6 Å². The third-order valence-corrected chi connectivity index (χ3v) is 2.14. The highest BCUT2D eigenvalue weighted by molar-refractivity contribution is 6.30. The molecule has 0 radical (unpaired) electrons. The second kappa shape index (κ2) is 4.45. The minimum absolute atomic E-state index is 0.197. The average Bonchev–Trinajstić information content (AvgIpc) is 2.22. The third kappa shape index (κ3) is 2.46. The summed E-state index contributed by atoms with van der Waals surface area (Å²) in [6, 6.07) is 8.40. The van der Waals surface area contributed by atoms with Crippen LogP contribution in [0, 0.1) is 11.8 Å². The minimum Gasteiger partial charge on any atom is -0.338 e. The van der Waals surface area contributed by atoms with Crippen molar-refractivity contribution >= 4 is 23.1 Å². The number of benzene rings is 1. The monoisotopic (exact) mass is 240 g/mol. The summed E-state index contributed by atoms with van der Waals surface area (Å²) < 4.78 is 26.1. The van der Waals surface area contributed by atoms with Gasteiger partial charge >= 0.3 is 0 Å². The maximum absolute atomic E-state index is 13.4. The van der Waals surface area contributed by atoms with Gasteiger partial charge in [-0.3, -0.25) is 0 Å². The molecule has 0 saturated heterocycles. The maximum atomic E-state index is 13.4. The van der Waals surface area contributed by atoms with Crippen LogP contribution in [0.4, 0.5) is 20.3 Å². The maximum Gasteiger partial charge on any atom is 0.214 e. The summed E-state index contributed by atoms with van der Waals surface area (Å²) in [6.07, 6.45) is 0. The summed E-state index contributed by atoms with van der Waals surface area (Å²) in [7, 11) is 0. The largest absolute Gasteiger partial charge is 0.338 e. The highest BCUT2D eigenvalue weighted by Crippen LogP contribution is 2.21. The number of nitrogens with one attached hydrogen (secondary N) is 1. The SMILES string of the molecule is Fc1cccc(Nc2ccc(Cl)cc2F)n1. The molecule has 0 amide bonds. The van der Waals surface area contributed by atoms with E-state index in [1.807, 2.05) is 0 Å². The molecule has 0 fully saturated rings. The number of nitrogens with zero attached hydrogens (tertiary/aromatic N) is 1. The second-order valence-electron chi connectivity index (χ2n) is 3.09. The molecule has 0 aliphatic heterocycles. The van der Waals surface area contributed by atoms with Gasteiger partial charge in [-0.1, -0.05) is 17.7 Å². The predicted octanol–water partition coefficient (Wildman–Crippen LogP) is 3.76. The van der Waals surface area contributed by atoms with Crippen LogP contribution in [0.5, 0.6) is 0 Å². The van der Waals surface area contributed by atoms with Crippen LogP contribution in [0.2, 0.25) is 5.02 Å². The second-order valence-corrected chi connectivity index (χ2v) is 3.53. The van der Waals surface area contributed by atoms with Gasteiger partial charge in [0.25, 0.3) is 0 Å². The van der Waals surface area contributed by atoms with Crippen molar-refractivity contribution < 1.29 is 8.78 Å². The molecule has 82 valence electrons. The van der Waals surface area contributed by atoms with Crippen molar-refractivity contribution in [2.24, 2.45) is 0 Å². The molecule has 2 rings (SSSR count). The standard InChI is InChI=1S/C11H7ClF2N2/c12-7-4-5-9(8(13)6-7)15-11-3-1-2-10(14)16-11/h1-6H,(H,15,16). The van der Waals surface area contributed by atoms with Gasteiger partial charge in [0.05, 0.1) is 5.69 Å². The summed E-state index contributed by atoms with van der Waals surface area (Å²) in [5, 5.41) is 2.96. The van der Waals surface area contributed by atoms with Crippen LogP contribution in [0.15, 0.2) is 36.4 Å². The molecular formula is C11H7ClF2N2. The van der Waals surface area contributed by atoms with Crippen molar-refractivity contribution in [2.45, 2.75) is 0 Å². The number of hydrogen-bond donors (Lipinski definition) is 1. The van der Waals surface area contributed by atoms with E-state index in [1.165, 1.54) is 36.4 Å². The lowest BCUT2D eigenvalue weighted by Crippen LogP contribution is -1.97. The first-order valence-electron chi connectivity index (χ1n) is 4.50. The number of rotatable bonds is 2.